The van der Waals surface area contributed by atoms with Gasteiger partial charge in [0.15, 0.2) is 0 Å². The van der Waals surface area contributed by atoms with Gasteiger partial charge in [0, 0.05) is 10.8 Å². The maximum absolute atomic E-state index is 2.42. The second-order valence-electron chi connectivity index (χ2n) is 12.9. The topological polar surface area (TPSA) is 0 Å². The van der Waals surface area contributed by atoms with E-state index in [4.69, 9.17) is 0 Å². The predicted molar refractivity (Wildman–Crippen MR) is 172 cm³/mol. The summed E-state index contributed by atoms with van der Waals surface area (Å²) in [4.78, 5) is 0. The third-order valence-electron chi connectivity index (χ3n) is 10.2. The van der Waals surface area contributed by atoms with Crippen LogP contribution in [0, 0.1) is 0 Å². The minimum atomic E-state index is -0.0913. The second kappa shape index (κ2) is 7.20. The van der Waals surface area contributed by atoms with Crippen molar-refractivity contribution in [3.05, 3.63) is 131 Å². The van der Waals surface area contributed by atoms with E-state index in [0.29, 0.717) is 0 Å². The quantitative estimate of drug-likeness (QED) is 0.193. The van der Waals surface area contributed by atoms with Crippen molar-refractivity contribution in [3.8, 4) is 22.3 Å². The van der Waals surface area contributed by atoms with Crippen molar-refractivity contribution < 1.29 is 0 Å². The third kappa shape index (κ3) is 2.49. The van der Waals surface area contributed by atoms with Crippen molar-refractivity contribution >= 4 is 43.1 Å². The molecule has 0 spiro atoms. The van der Waals surface area contributed by atoms with E-state index in [2.05, 4.69) is 137 Å². The highest BCUT2D eigenvalue weighted by molar-refractivity contribution is 6.30. The van der Waals surface area contributed by atoms with E-state index >= 15 is 0 Å². The Morgan fingerprint density at radius 2 is 0.750 bits per heavy atom. The van der Waals surface area contributed by atoms with E-state index in [1.54, 1.807) is 0 Å². The molecule has 0 N–H and O–H groups in total. The number of rotatable bonds is 1. The zero-order valence-electron chi connectivity index (χ0n) is 23.4. The molecule has 0 heteroatoms. The van der Waals surface area contributed by atoms with Crippen molar-refractivity contribution in [1.29, 1.82) is 0 Å². The molecular weight excluding hydrogens is 480 g/mol. The standard InChI is InChI=1S/C40H30/c1-39(2)29-18-9-16-27-34(33-25-14-7-5-12-23(25)22-24-13-6-8-15-26(24)33)28-17-10-19-30-36(28)38(35(27)29)37-31(39)20-11-21-32(37)40(30,3)4/h5-22H,1-4H3. The molecule has 190 valence electrons. The van der Waals surface area contributed by atoms with Crippen molar-refractivity contribution in [2.24, 2.45) is 0 Å². The van der Waals surface area contributed by atoms with Gasteiger partial charge in [0.1, 0.15) is 0 Å². The molecule has 0 aromatic heterocycles. The van der Waals surface area contributed by atoms with Crippen molar-refractivity contribution in [2.75, 3.05) is 0 Å². The first kappa shape index (κ1) is 22.4. The molecule has 0 atom stereocenters. The smallest absolute Gasteiger partial charge is 0.0159 e. The minimum Gasteiger partial charge on any atom is -0.0616 e. The lowest BCUT2D eigenvalue weighted by Crippen LogP contribution is -2.30. The molecular formula is C40H30. The Hall–Kier alpha value is -4.42. The zero-order chi connectivity index (χ0) is 27.0. The van der Waals surface area contributed by atoms with Crippen LogP contribution in [0.15, 0.2) is 109 Å². The minimum absolute atomic E-state index is 0.0913. The highest BCUT2D eigenvalue weighted by Crippen LogP contribution is 2.60. The highest BCUT2D eigenvalue weighted by Gasteiger charge is 2.43. The monoisotopic (exact) mass is 510 g/mol. The van der Waals surface area contributed by atoms with Gasteiger partial charge < -0.3 is 0 Å². The fourth-order valence-electron chi connectivity index (χ4n) is 8.33. The summed E-state index contributed by atoms with van der Waals surface area (Å²) in [5, 5.41) is 10.8. The average Bonchev–Trinajstić information content (AvgIpc) is 2.97. The fourth-order valence-corrected chi connectivity index (χ4v) is 8.33. The third-order valence-corrected chi connectivity index (χ3v) is 10.2. The predicted octanol–water partition coefficient (Wildman–Crippen LogP) is 10.9. The van der Waals surface area contributed by atoms with Crippen molar-refractivity contribution in [3.63, 3.8) is 0 Å². The molecule has 0 saturated heterocycles. The van der Waals surface area contributed by atoms with E-state index < -0.39 is 0 Å². The normalized spacial score (nSPS) is 15.9. The molecule has 2 aliphatic carbocycles. The first-order valence-corrected chi connectivity index (χ1v) is 14.5. The number of hydrogen-bond acceptors (Lipinski definition) is 0. The van der Waals surface area contributed by atoms with E-state index in [-0.39, 0.29) is 10.8 Å². The molecule has 0 bridgehead atoms. The second-order valence-corrected chi connectivity index (χ2v) is 12.9. The molecule has 0 unspecified atom stereocenters. The van der Waals surface area contributed by atoms with Crippen LogP contribution in [0.1, 0.15) is 49.9 Å². The average molecular weight is 511 g/mol. The summed E-state index contributed by atoms with van der Waals surface area (Å²) in [6.07, 6.45) is 0. The van der Waals surface area contributed by atoms with Crippen LogP contribution in [0.25, 0.3) is 65.3 Å². The van der Waals surface area contributed by atoms with Gasteiger partial charge in [-0.1, -0.05) is 131 Å². The van der Waals surface area contributed by atoms with Gasteiger partial charge in [0.25, 0.3) is 0 Å². The first-order chi connectivity index (χ1) is 19.4. The molecule has 0 amide bonds. The van der Waals surface area contributed by atoms with Gasteiger partial charge >= 0.3 is 0 Å². The van der Waals surface area contributed by atoms with E-state index in [1.165, 1.54) is 87.6 Å². The summed E-state index contributed by atoms with van der Waals surface area (Å²) in [6, 6.07) is 41.4. The van der Waals surface area contributed by atoms with Crippen LogP contribution in [0.2, 0.25) is 0 Å². The lowest BCUT2D eigenvalue weighted by atomic mass is 9.59. The van der Waals surface area contributed by atoms with Gasteiger partial charge in [-0.15, -0.1) is 0 Å². The SMILES string of the molecule is CC1(C)c2cccc3c2-c2c4c1cccc4c(-c1c4ccccc4cc4ccccc14)c1cccc(c21)C3(C)C. The van der Waals surface area contributed by atoms with E-state index in [9.17, 15) is 0 Å². The van der Waals surface area contributed by atoms with Crippen LogP contribution in [0.3, 0.4) is 0 Å². The van der Waals surface area contributed by atoms with Gasteiger partial charge in [0.05, 0.1) is 0 Å². The Bertz CT molecular complexity index is 2110. The molecule has 0 heterocycles. The summed E-state index contributed by atoms with van der Waals surface area (Å²) in [5.74, 6) is 0. The van der Waals surface area contributed by atoms with Gasteiger partial charge in [-0.05, 0) is 93.7 Å². The molecule has 0 saturated carbocycles. The molecule has 0 radical (unpaired) electrons. The summed E-state index contributed by atoms with van der Waals surface area (Å²) in [5.41, 5.74) is 11.3. The summed E-state index contributed by atoms with van der Waals surface area (Å²) in [6.45, 7) is 9.69. The van der Waals surface area contributed by atoms with Crippen LogP contribution in [-0.4, -0.2) is 0 Å². The summed E-state index contributed by atoms with van der Waals surface area (Å²) < 4.78 is 0. The molecule has 40 heavy (non-hydrogen) atoms. The van der Waals surface area contributed by atoms with Crippen LogP contribution in [0.4, 0.5) is 0 Å². The van der Waals surface area contributed by atoms with Crippen LogP contribution in [0.5, 0.6) is 0 Å². The largest absolute Gasteiger partial charge is 0.0616 e. The summed E-state index contributed by atoms with van der Waals surface area (Å²) in [7, 11) is 0. The van der Waals surface area contributed by atoms with Gasteiger partial charge in [-0.3, -0.25) is 0 Å². The Morgan fingerprint density at radius 1 is 0.350 bits per heavy atom. The molecule has 2 aliphatic rings. The molecule has 0 fully saturated rings. The van der Waals surface area contributed by atoms with Crippen molar-refractivity contribution in [1.82, 2.24) is 0 Å². The Balaban J connectivity index is 1.64. The number of fused-ring (bicyclic) bond motifs is 2. The van der Waals surface area contributed by atoms with Crippen molar-refractivity contribution in [2.45, 2.75) is 38.5 Å². The lowest BCUT2D eigenvalue weighted by Gasteiger charge is -2.43. The van der Waals surface area contributed by atoms with E-state index in [0.717, 1.165) is 0 Å². The lowest BCUT2D eigenvalue weighted by molar-refractivity contribution is 0.619. The number of benzene rings is 7. The molecule has 0 aliphatic heterocycles. The Kier molecular flexibility index (Phi) is 4.03. The van der Waals surface area contributed by atoms with E-state index in [1.807, 2.05) is 0 Å². The maximum atomic E-state index is 2.42. The molecule has 0 nitrogen and oxygen atoms in total. The van der Waals surface area contributed by atoms with Crippen LogP contribution < -0.4 is 0 Å². The Morgan fingerprint density at radius 3 is 1.27 bits per heavy atom. The van der Waals surface area contributed by atoms with Gasteiger partial charge in [-0.25, -0.2) is 0 Å². The van der Waals surface area contributed by atoms with Crippen LogP contribution in [-0.2, 0) is 10.8 Å². The molecule has 9 rings (SSSR count). The van der Waals surface area contributed by atoms with Crippen LogP contribution >= 0.6 is 0 Å². The first-order valence-electron chi connectivity index (χ1n) is 14.5. The number of hydrogen-bond donors (Lipinski definition) is 0. The Labute approximate surface area is 234 Å². The van der Waals surface area contributed by atoms with Gasteiger partial charge in [-0.2, -0.15) is 0 Å². The zero-order valence-corrected chi connectivity index (χ0v) is 23.4. The molecule has 7 aromatic rings. The molecule has 7 aromatic carbocycles. The van der Waals surface area contributed by atoms with Gasteiger partial charge in [0.2, 0.25) is 0 Å². The summed E-state index contributed by atoms with van der Waals surface area (Å²) >= 11 is 0. The highest BCUT2D eigenvalue weighted by atomic mass is 14.5. The maximum Gasteiger partial charge on any atom is 0.0159 e. The fraction of sp³-hybridized carbons (Fsp3) is 0.150.